The molecule has 1 fully saturated rings. The van der Waals surface area contributed by atoms with Crippen LogP contribution in [0.5, 0.6) is 5.88 Å². The van der Waals surface area contributed by atoms with Gasteiger partial charge in [0.05, 0.1) is 13.2 Å². The lowest BCUT2D eigenvalue weighted by molar-refractivity contribution is 0.296. The van der Waals surface area contributed by atoms with Crippen molar-refractivity contribution in [1.29, 1.82) is 0 Å². The first-order chi connectivity index (χ1) is 10.2. The third-order valence-electron chi connectivity index (χ3n) is 3.53. The topological polar surface area (TPSA) is 70.5 Å². The highest BCUT2D eigenvalue weighted by atomic mass is 16.5. The van der Waals surface area contributed by atoms with Crippen LogP contribution in [0.3, 0.4) is 0 Å². The van der Waals surface area contributed by atoms with Crippen molar-refractivity contribution in [3.63, 3.8) is 0 Å². The van der Waals surface area contributed by atoms with E-state index in [2.05, 4.69) is 22.2 Å². The van der Waals surface area contributed by atoms with E-state index in [0.29, 0.717) is 31.0 Å². The SMILES string of the molecule is CCCOc1cc(C)nc(N(CCO)CC2CCCN2)n1. The van der Waals surface area contributed by atoms with Gasteiger partial charge in [-0.2, -0.15) is 4.98 Å². The number of hydrogen-bond acceptors (Lipinski definition) is 6. The molecule has 21 heavy (non-hydrogen) atoms. The van der Waals surface area contributed by atoms with Crippen molar-refractivity contribution in [3.05, 3.63) is 11.8 Å². The predicted octanol–water partition coefficient (Wildman–Crippen LogP) is 1.12. The smallest absolute Gasteiger partial charge is 0.229 e. The highest BCUT2D eigenvalue weighted by molar-refractivity contribution is 5.34. The number of anilines is 1. The van der Waals surface area contributed by atoms with E-state index < -0.39 is 0 Å². The Kier molecular flexibility index (Phi) is 6.20. The van der Waals surface area contributed by atoms with Gasteiger partial charge in [-0.25, -0.2) is 4.98 Å². The van der Waals surface area contributed by atoms with E-state index in [9.17, 15) is 5.11 Å². The Balaban J connectivity index is 2.11. The zero-order valence-corrected chi connectivity index (χ0v) is 13.0. The van der Waals surface area contributed by atoms with Crippen molar-refractivity contribution in [2.45, 2.75) is 39.2 Å². The number of hydrogen-bond donors (Lipinski definition) is 2. The van der Waals surface area contributed by atoms with Gasteiger partial charge in [0.2, 0.25) is 11.8 Å². The van der Waals surface area contributed by atoms with Gasteiger partial charge in [-0.05, 0) is 32.7 Å². The zero-order chi connectivity index (χ0) is 15.1. The van der Waals surface area contributed by atoms with E-state index in [1.54, 1.807) is 0 Å². The van der Waals surface area contributed by atoms with Gasteiger partial charge in [0.1, 0.15) is 0 Å². The summed E-state index contributed by atoms with van der Waals surface area (Å²) in [6.45, 7) is 7.17. The summed E-state index contributed by atoms with van der Waals surface area (Å²) in [5, 5.41) is 12.8. The molecule has 0 radical (unpaired) electrons. The molecule has 1 aliphatic heterocycles. The number of nitrogens with one attached hydrogen (secondary N) is 1. The Labute approximate surface area is 126 Å². The van der Waals surface area contributed by atoms with Crippen molar-refractivity contribution in [2.75, 3.05) is 37.7 Å². The number of ether oxygens (including phenoxy) is 1. The van der Waals surface area contributed by atoms with Crippen LogP contribution >= 0.6 is 0 Å². The van der Waals surface area contributed by atoms with Crippen molar-refractivity contribution < 1.29 is 9.84 Å². The first kappa shape index (κ1) is 16.0. The van der Waals surface area contributed by atoms with Crippen LogP contribution in [0.25, 0.3) is 0 Å². The molecular weight excluding hydrogens is 268 g/mol. The quantitative estimate of drug-likeness (QED) is 0.749. The monoisotopic (exact) mass is 294 g/mol. The Morgan fingerprint density at radius 2 is 2.33 bits per heavy atom. The molecule has 2 N–H and O–H groups in total. The summed E-state index contributed by atoms with van der Waals surface area (Å²) in [5.41, 5.74) is 0.883. The molecule has 2 heterocycles. The minimum Gasteiger partial charge on any atom is -0.478 e. The summed E-state index contributed by atoms with van der Waals surface area (Å²) in [4.78, 5) is 11.0. The molecule has 1 atom stereocenters. The molecule has 0 spiro atoms. The second-order valence-electron chi connectivity index (χ2n) is 5.46. The number of aliphatic hydroxyl groups is 1. The molecule has 1 unspecified atom stereocenters. The fourth-order valence-corrected chi connectivity index (χ4v) is 2.52. The Morgan fingerprint density at radius 3 is 3.00 bits per heavy atom. The van der Waals surface area contributed by atoms with Crippen LogP contribution in [-0.2, 0) is 0 Å². The largest absolute Gasteiger partial charge is 0.478 e. The van der Waals surface area contributed by atoms with Crippen LogP contribution in [0.4, 0.5) is 5.95 Å². The molecule has 1 aliphatic rings. The van der Waals surface area contributed by atoms with Gasteiger partial charge in [0, 0.05) is 30.9 Å². The standard InChI is InChI=1S/C15H26N4O2/c1-3-9-21-14-10-12(2)17-15(18-14)19(7-8-20)11-13-5-4-6-16-13/h10,13,16,20H,3-9,11H2,1-2H3. The molecule has 0 aliphatic carbocycles. The van der Waals surface area contributed by atoms with Crippen molar-refractivity contribution in [1.82, 2.24) is 15.3 Å². The average Bonchev–Trinajstić information content (AvgIpc) is 2.97. The summed E-state index contributed by atoms with van der Waals surface area (Å²) in [5.74, 6) is 1.26. The number of rotatable bonds is 8. The van der Waals surface area contributed by atoms with Crippen LogP contribution in [-0.4, -0.2) is 54.0 Å². The minimum atomic E-state index is 0.0924. The lowest BCUT2D eigenvalue weighted by Crippen LogP contribution is -2.40. The summed E-state index contributed by atoms with van der Waals surface area (Å²) in [6.07, 6.45) is 3.31. The number of aromatic nitrogens is 2. The van der Waals surface area contributed by atoms with Crippen LogP contribution in [0.1, 0.15) is 31.9 Å². The average molecular weight is 294 g/mol. The molecule has 118 valence electrons. The van der Waals surface area contributed by atoms with Crippen LogP contribution in [0.15, 0.2) is 6.07 Å². The van der Waals surface area contributed by atoms with Gasteiger partial charge < -0.3 is 20.1 Å². The maximum atomic E-state index is 9.30. The normalized spacial score (nSPS) is 18.0. The van der Waals surface area contributed by atoms with E-state index in [-0.39, 0.29) is 6.61 Å². The molecule has 1 aromatic heterocycles. The highest BCUT2D eigenvalue weighted by Gasteiger charge is 2.20. The van der Waals surface area contributed by atoms with Crippen molar-refractivity contribution >= 4 is 5.95 Å². The fraction of sp³-hybridized carbons (Fsp3) is 0.733. The van der Waals surface area contributed by atoms with E-state index in [0.717, 1.165) is 31.6 Å². The minimum absolute atomic E-state index is 0.0924. The zero-order valence-electron chi connectivity index (χ0n) is 13.0. The molecule has 0 bridgehead atoms. The second kappa shape index (κ2) is 8.14. The van der Waals surface area contributed by atoms with E-state index in [1.807, 2.05) is 17.9 Å². The molecule has 6 nitrogen and oxygen atoms in total. The molecule has 0 amide bonds. The lowest BCUT2D eigenvalue weighted by atomic mass is 10.2. The van der Waals surface area contributed by atoms with Crippen molar-refractivity contribution in [3.8, 4) is 5.88 Å². The van der Waals surface area contributed by atoms with Gasteiger partial charge >= 0.3 is 0 Å². The summed E-state index contributed by atoms with van der Waals surface area (Å²) in [6, 6.07) is 2.30. The summed E-state index contributed by atoms with van der Waals surface area (Å²) < 4.78 is 5.62. The first-order valence-corrected chi connectivity index (χ1v) is 7.80. The number of aryl methyl sites for hydroxylation is 1. The number of nitrogens with zero attached hydrogens (tertiary/aromatic N) is 3. The first-order valence-electron chi connectivity index (χ1n) is 7.80. The third kappa shape index (κ3) is 4.82. The molecule has 2 rings (SSSR count). The van der Waals surface area contributed by atoms with Gasteiger partial charge in [0.25, 0.3) is 0 Å². The fourth-order valence-electron chi connectivity index (χ4n) is 2.52. The molecule has 0 aromatic carbocycles. The van der Waals surface area contributed by atoms with E-state index in [1.165, 1.54) is 6.42 Å². The summed E-state index contributed by atoms with van der Waals surface area (Å²) in [7, 11) is 0. The maximum absolute atomic E-state index is 9.30. The van der Waals surface area contributed by atoms with Gasteiger partial charge in [-0.3, -0.25) is 0 Å². The molecule has 1 aromatic rings. The highest BCUT2D eigenvalue weighted by Crippen LogP contribution is 2.17. The molecular formula is C15H26N4O2. The van der Waals surface area contributed by atoms with Gasteiger partial charge in [-0.15, -0.1) is 0 Å². The maximum Gasteiger partial charge on any atom is 0.229 e. The Morgan fingerprint density at radius 1 is 1.48 bits per heavy atom. The number of aliphatic hydroxyl groups excluding tert-OH is 1. The molecule has 1 saturated heterocycles. The van der Waals surface area contributed by atoms with Crippen LogP contribution in [0, 0.1) is 6.92 Å². The lowest BCUT2D eigenvalue weighted by Gasteiger charge is -2.25. The van der Waals surface area contributed by atoms with Crippen LogP contribution < -0.4 is 15.0 Å². The third-order valence-corrected chi connectivity index (χ3v) is 3.53. The van der Waals surface area contributed by atoms with E-state index >= 15 is 0 Å². The summed E-state index contributed by atoms with van der Waals surface area (Å²) >= 11 is 0. The van der Waals surface area contributed by atoms with Gasteiger partial charge in [0.15, 0.2) is 0 Å². The van der Waals surface area contributed by atoms with E-state index in [4.69, 9.17) is 4.74 Å². The van der Waals surface area contributed by atoms with Crippen molar-refractivity contribution in [2.24, 2.45) is 0 Å². The Hall–Kier alpha value is -1.40. The Bertz CT molecular complexity index is 436. The van der Waals surface area contributed by atoms with Gasteiger partial charge in [-0.1, -0.05) is 6.92 Å². The molecule has 6 heteroatoms. The van der Waals surface area contributed by atoms with Crippen LogP contribution in [0.2, 0.25) is 0 Å². The molecule has 0 saturated carbocycles. The second-order valence-corrected chi connectivity index (χ2v) is 5.46. The predicted molar refractivity (Wildman–Crippen MR) is 82.9 cm³/mol.